The molecule has 1 aromatic heterocycles. The summed E-state index contributed by atoms with van der Waals surface area (Å²) in [5, 5.41) is 1.26. The fourth-order valence-corrected chi connectivity index (χ4v) is 1.92. The third-order valence-corrected chi connectivity index (χ3v) is 2.77. The van der Waals surface area contributed by atoms with Crippen molar-refractivity contribution in [2.75, 3.05) is 0 Å². The lowest BCUT2D eigenvalue weighted by atomic mass is 10.1. The molecule has 1 aromatic carbocycles. The Hall–Kier alpha value is -1.94. The summed E-state index contributed by atoms with van der Waals surface area (Å²) in [6.07, 6.45) is 13.2. The molecule has 0 radical (unpaired) electrons. The monoisotopic (exact) mass is 226 g/mol. The second kappa shape index (κ2) is 5.96. The van der Waals surface area contributed by atoms with Gasteiger partial charge < -0.3 is 4.42 Å². The van der Waals surface area contributed by atoms with Gasteiger partial charge in [-0.2, -0.15) is 0 Å². The molecule has 17 heavy (non-hydrogen) atoms. The second-order valence-corrected chi connectivity index (χ2v) is 3.86. The average molecular weight is 226 g/mol. The molecule has 0 spiro atoms. The molecule has 0 fully saturated rings. The maximum absolute atomic E-state index is 5.79. The normalized spacial score (nSPS) is 10.4. The van der Waals surface area contributed by atoms with Gasteiger partial charge in [-0.25, -0.2) is 0 Å². The predicted octanol–water partition coefficient (Wildman–Crippen LogP) is 4.42. The lowest BCUT2D eigenvalue weighted by molar-refractivity contribution is 0.571. The quantitative estimate of drug-likeness (QED) is 0.546. The number of fused-ring (bicyclic) bond motifs is 1. The highest BCUT2D eigenvalue weighted by Gasteiger charge is 2.10. The van der Waals surface area contributed by atoms with Crippen LogP contribution in [0.3, 0.4) is 0 Å². The van der Waals surface area contributed by atoms with Crippen LogP contribution in [0.4, 0.5) is 0 Å². The highest BCUT2D eigenvalue weighted by atomic mass is 16.3. The lowest BCUT2D eigenvalue weighted by Gasteiger charge is -1.95. The average Bonchev–Trinajstić information content (AvgIpc) is 2.67. The molecule has 88 valence electrons. The minimum absolute atomic E-state index is 0.957. The van der Waals surface area contributed by atoms with Crippen LogP contribution in [0.15, 0.2) is 34.8 Å². The van der Waals surface area contributed by atoms with E-state index < -0.39 is 0 Å². The summed E-state index contributed by atoms with van der Waals surface area (Å²) in [6.45, 7) is 6.17. The number of rotatable bonds is 2. The van der Waals surface area contributed by atoms with Gasteiger partial charge in [0.05, 0.1) is 0 Å². The molecule has 2 rings (SSSR count). The van der Waals surface area contributed by atoms with Crippen LogP contribution in [0.25, 0.3) is 11.0 Å². The summed E-state index contributed by atoms with van der Waals surface area (Å²) in [5.41, 5.74) is 3.56. The largest absolute Gasteiger partial charge is 0.461 e. The molecular weight excluding hydrogens is 208 g/mol. The summed E-state index contributed by atoms with van der Waals surface area (Å²) in [4.78, 5) is 0. The molecule has 0 aliphatic carbocycles. The molecule has 0 saturated carbocycles. The molecule has 0 unspecified atom stereocenters. The molecule has 1 heteroatoms. The van der Waals surface area contributed by atoms with Crippen molar-refractivity contribution >= 4 is 11.0 Å². The predicted molar refractivity (Wildman–Crippen MR) is 74.1 cm³/mol. The SMILES string of the molecule is C#C.C/C=C\Cc1c(C)oc2c(C)cccc12. The summed E-state index contributed by atoms with van der Waals surface area (Å²) < 4.78 is 5.79. The number of terminal acetylenes is 1. The molecule has 0 aliphatic rings. The smallest absolute Gasteiger partial charge is 0.137 e. The number of furan rings is 1. The lowest BCUT2D eigenvalue weighted by Crippen LogP contribution is -1.81. The topological polar surface area (TPSA) is 13.1 Å². The molecule has 0 saturated heterocycles. The van der Waals surface area contributed by atoms with Crippen molar-refractivity contribution in [3.63, 3.8) is 0 Å². The standard InChI is InChI=1S/C14H16O.C2H2/c1-4-5-8-12-11(3)15-14-10(2)7-6-9-13(12)14;1-2/h4-7,9H,8H2,1-3H3;1-2H/b5-4-;. The molecule has 2 aromatic rings. The molecule has 0 bridgehead atoms. The maximum Gasteiger partial charge on any atom is 0.137 e. The second-order valence-electron chi connectivity index (χ2n) is 3.86. The molecular formula is C16H18O. The molecule has 0 aliphatic heterocycles. The molecule has 0 atom stereocenters. The van der Waals surface area contributed by atoms with Gasteiger partial charge in [0.1, 0.15) is 11.3 Å². The third-order valence-electron chi connectivity index (χ3n) is 2.77. The van der Waals surface area contributed by atoms with Gasteiger partial charge in [0.25, 0.3) is 0 Å². The van der Waals surface area contributed by atoms with Crippen LogP contribution in [-0.4, -0.2) is 0 Å². The van der Waals surface area contributed by atoms with Gasteiger partial charge >= 0.3 is 0 Å². The van der Waals surface area contributed by atoms with E-state index in [1.807, 2.05) is 13.8 Å². The first-order chi connectivity index (χ1) is 8.24. The van der Waals surface area contributed by atoms with E-state index in [1.54, 1.807) is 0 Å². The van der Waals surface area contributed by atoms with Crippen molar-refractivity contribution in [2.24, 2.45) is 0 Å². The van der Waals surface area contributed by atoms with Crippen LogP contribution in [-0.2, 0) is 6.42 Å². The van der Waals surface area contributed by atoms with E-state index in [2.05, 4.69) is 50.1 Å². The third kappa shape index (κ3) is 2.60. The highest BCUT2D eigenvalue weighted by Crippen LogP contribution is 2.28. The maximum atomic E-state index is 5.79. The summed E-state index contributed by atoms with van der Waals surface area (Å²) in [7, 11) is 0. The Labute approximate surface area is 103 Å². The minimum atomic E-state index is 0.957. The number of hydrogen-bond donors (Lipinski definition) is 0. The zero-order chi connectivity index (χ0) is 12.8. The first-order valence-corrected chi connectivity index (χ1v) is 5.66. The van der Waals surface area contributed by atoms with Crippen LogP contribution < -0.4 is 0 Å². The van der Waals surface area contributed by atoms with Crippen molar-refractivity contribution in [3.8, 4) is 12.8 Å². The highest BCUT2D eigenvalue weighted by molar-refractivity contribution is 5.85. The van der Waals surface area contributed by atoms with Crippen LogP contribution in [0.5, 0.6) is 0 Å². The van der Waals surface area contributed by atoms with E-state index in [9.17, 15) is 0 Å². The van der Waals surface area contributed by atoms with E-state index in [0.717, 1.165) is 17.8 Å². The van der Waals surface area contributed by atoms with Crippen molar-refractivity contribution in [1.29, 1.82) is 0 Å². The van der Waals surface area contributed by atoms with Gasteiger partial charge in [0.15, 0.2) is 0 Å². The van der Waals surface area contributed by atoms with E-state index in [-0.39, 0.29) is 0 Å². The van der Waals surface area contributed by atoms with E-state index in [1.165, 1.54) is 16.5 Å². The Morgan fingerprint density at radius 3 is 2.59 bits per heavy atom. The van der Waals surface area contributed by atoms with E-state index >= 15 is 0 Å². The van der Waals surface area contributed by atoms with Gasteiger partial charge in [0, 0.05) is 10.9 Å². The van der Waals surface area contributed by atoms with Crippen LogP contribution in [0.1, 0.15) is 23.8 Å². The van der Waals surface area contributed by atoms with E-state index in [0.29, 0.717) is 0 Å². The van der Waals surface area contributed by atoms with Crippen LogP contribution in [0, 0.1) is 26.7 Å². The minimum Gasteiger partial charge on any atom is -0.461 e. The fraction of sp³-hybridized carbons (Fsp3) is 0.250. The van der Waals surface area contributed by atoms with Gasteiger partial charge in [-0.05, 0) is 32.8 Å². The van der Waals surface area contributed by atoms with Crippen molar-refractivity contribution in [3.05, 3.63) is 47.2 Å². The molecule has 0 amide bonds. The van der Waals surface area contributed by atoms with Crippen molar-refractivity contribution in [1.82, 2.24) is 0 Å². The van der Waals surface area contributed by atoms with Gasteiger partial charge in [-0.3, -0.25) is 0 Å². The number of para-hydroxylation sites is 1. The number of hydrogen-bond acceptors (Lipinski definition) is 1. The Bertz CT molecular complexity index is 541. The molecule has 1 heterocycles. The molecule has 0 N–H and O–H groups in total. The molecule has 1 nitrogen and oxygen atoms in total. The Morgan fingerprint density at radius 2 is 1.94 bits per heavy atom. The zero-order valence-corrected chi connectivity index (χ0v) is 10.7. The van der Waals surface area contributed by atoms with Gasteiger partial charge in [-0.1, -0.05) is 30.4 Å². The summed E-state index contributed by atoms with van der Waals surface area (Å²) in [6, 6.07) is 6.31. The van der Waals surface area contributed by atoms with Crippen LogP contribution >= 0.6 is 0 Å². The first-order valence-electron chi connectivity index (χ1n) is 5.66. The van der Waals surface area contributed by atoms with E-state index in [4.69, 9.17) is 4.42 Å². The number of benzene rings is 1. The summed E-state index contributed by atoms with van der Waals surface area (Å²) >= 11 is 0. The van der Waals surface area contributed by atoms with Crippen LogP contribution in [0.2, 0.25) is 0 Å². The van der Waals surface area contributed by atoms with Gasteiger partial charge in [0.2, 0.25) is 0 Å². The van der Waals surface area contributed by atoms with Crippen molar-refractivity contribution < 1.29 is 4.42 Å². The van der Waals surface area contributed by atoms with Gasteiger partial charge in [-0.15, -0.1) is 12.8 Å². The Kier molecular flexibility index (Phi) is 4.60. The fourth-order valence-electron chi connectivity index (χ4n) is 1.92. The Morgan fingerprint density at radius 1 is 1.24 bits per heavy atom. The van der Waals surface area contributed by atoms with Crippen molar-refractivity contribution in [2.45, 2.75) is 27.2 Å². The zero-order valence-electron chi connectivity index (χ0n) is 10.7. The summed E-state index contributed by atoms with van der Waals surface area (Å²) in [5.74, 6) is 1.04. The number of allylic oxidation sites excluding steroid dienone is 2. The number of aryl methyl sites for hydroxylation is 2. The first kappa shape index (κ1) is 13.1. The Balaban J connectivity index is 0.000000686.